The maximum atomic E-state index is 14.5. The summed E-state index contributed by atoms with van der Waals surface area (Å²) in [5.74, 6) is -1.94. The SMILES string of the molecule is O=S(=O)(CCCCN(CCO)CCCCCCC1=C(c2ccc(F)cc2)CCCc2cc(O)c(F)cc21)CCCC(F)(F)F. The fourth-order valence-corrected chi connectivity index (χ4v) is 7.27. The van der Waals surface area contributed by atoms with Crippen molar-refractivity contribution in [3.05, 3.63) is 64.7 Å². The van der Waals surface area contributed by atoms with Gasteiger partial charge in [-0.05, 0) is 123 Å². The summed E-state index contributed by atoms with van der Waals surface area (Å²) in [6, 6.07) is 9.29. The van der Waals surface area contributed by atoms with Gasteiger partial charge in [0.15, 0.2) is 11.6 Å². The van der Waals surface area contributed by atoms with E-state index in [2.05, 4.69) is 4.90 Å². The molecule has 5 nitrogen and oxygen atoms in total. The number of aliphatic hydroxyl groups excluding tert-OH is 1. The van der Waals surface area contributed by atoms with Crippen LogP contribution in [0.3, 0.4) is 0 Å². The van der Waals surface area contributed by atoms with Gasteiger partial charge in [-0.25, -0.2) is 17.2 Å². The van der Waals surface area contributed by atoms with Crippen LogP contribution in [0.1, 0.15) is 87.3 Å². The highest BCUT2D eigenvalue weighted by atomic mass is 32.2. The number of hydrogen-bond acceptors (Lipinski definition) is 5. The predicted octanol–water partition coefficient (Wildman–Crippen LogP) is 7.70. The van der Waals surface area contributed by atoms with Crippen LogP contribution in [-0.4, -0.2) is 67.5 Å². The van der Waals surface area contributed by atoms with Gasteiger partial charge in [0.2, 0.25) is 0 Å². The molecule has 3 rings (SSSR count). The van der Waals surface area contributed by atoms with Crippen LogP contribution in [-0.2, 0) is 16.3 Å². The van der Waals surface area contributed by atoms with E-state index in [9.17, 15) is 40.6 Å². The quantitative estimate of drug-likeness (QED) is 0.128. The Hall–Kier alpha value is -2.50. The summed E-state index contributed by atoms with van der Waals surface area (Å²) in [4.78, 5) is 2.07. The van der Waals surface area contributed by atoms with E-state index in [4.69, 9.17) is 0 Å². The van der Waals surface area contributed by atoms with Crippen molar-refractivity contribution in [1.82, 2.24) is 4.90 Å². The Balaban J connectivity index is 1.50. The molecule has 0 aliphatic heterocycles. The van der Waals surface area contributed by atoms with Crippen LogP contribution in [0.2, 0.25) is 0 Å². The van der Waals surface area contributed by atoms with Gasteiger partial charge in [-0.1, -0.05) is 25.0 Å². The number of alkyl halides is 3. The van der Waals surface area contributed by atoms with E-state index in [0.717, 1.165) is 72.9 Å². The molecule has 2 N–H and O–H groups in total. The fraction of sp³-hybridized carbons (Fsp3) is 0.576. The molecule has 0 unspecified atom stereocenters. The fourth-order valence-electron chi connectivity index (χ4n) is 5.84. The third kappa shape index (κ3) is 12.1. The lowest BCUT2D eigenvalue weighted by atomic mass is 9.89. The van der Waals surface area contributed by atoms with Crippen LogP contribution in [0.15, 0.2) is 36.4 Å². The van der Waals surface area contributed by atoms with Gasteiger partial charge >= 0.3 is 6.18 Å². The molecule has 0 radical (unpaired) electrons. The third-order valence-electron chi connectivity index (χ3n) is 8.09. The van der Waals surface area contributed by atoms with Crippen molar-refractivity contribution in [3.63, 3.8) is 0 Å². The van der Waals surface area contributed by atoms with E-state index >= 15 is 0 Å². The zero-order chi connectivity index (χ0) is 32.2. The van der Waals surface area contributed by atoms with Gasteiger partial charge in [0.25, 0.3) is 0 Å². The number of benzene rings is 2. The number of allylic oxidation sites excluding steroid dienone is 2. The summed E-state index contributed by atoms with van der Waals surface area (Å²) in [6.45, 7) is 1.76. The molecule has 0 fully saturated rings. The minimum Gasteiger partial charge on any atom is -0.505 e. The molecule has 44 heavy (non-hydrogen) atoms. The Morgan fingerprint density at radius 1 is 0.818 bits per heavy atom. The first-order valence-electron chi connectivity index (χ1n) is 15.5. The van der Waals surface area contributed by atoms with Gasteiger partial charge in [0, 0.05) is 13.0 Å². The molecule has 1 aliphatic rings. The number of sulfone groups is 1. The number of phenols is 1. The zero-order valence-corrected chi connectivity index (χ0v) is 26.0. The van der Waals surface area contributed by atoms with E-state index in [1.807, 2.05) is 0 Å². The van der Waals surface area contributed by atoms with Crippen LogP contribution in [0.25, 0.3) is 11.1 Å². The summed E-state index contributed by atoms with van der Waals surface area (Å²) in [6.07, 6.45) is 1.66. The topological polar surface area (TPSA) is 77.8 Å². The van der Waals surface area contributed by atoms with Gasteiger partial charge in [-0.3, -0.25) is 0 Å². The molecular formula is C33H44F5NO4S. The van der Waals surface area contributed by atoms with Crippen LogP contribution in [0.4, 0.5) is 22.0 Å². The number of phenolic OH excluding ortho intramolecular Hbond substituents is 1. The third-order valence-corrected chi connectivity index (χ3v) is 9.91. The molecule has 246 valence electrons. The van der Waals surface area contributed by atoms with Crippen molar-refractivity contribution in [2.75, 3.05) is 37.7 Å². The van der Waals surface area contributed by atoms with Crippen molar-refractivity contribution in [2.45, 2.75) is 83.2 Å². The van der Waals surface area contributed by atoms with Crippen molar-refractivity contribution in [2.24, 2.45) is 0 Å². The summed E-state index contributed by atoms with van der Waals surface area (Å²) in [5.41, 5.74) is 4.72. The molecule has 2 aromatic carbocycles. The number of hydrogen-bond donors (Lipinski definition) is 2. The first-order valence-corrected chi connectivity index (χ1v) is 17.3. The monoisotopic (exact) mass is 645 g/mol. The molecule has 0 amide bonds. The number of aliphatic hydroxyl groups is 1. The molecule has 0 spiro atoms. The molecule has 0 aromatic heterocycles. The van der Waals surface area contributed by atoms with E-state index in [0.29, 0.717) is 38.8 Å². The molecule has 0 heterocycles. The Labute approximate surface area is 257 Å². The number of rotatable bonds is 18. The first-order chi connectivity index (χ1) is 20.9. The van der Waals surface area contributed by atoms with Crippen molar-refractivity contribution >= 4 is 21.0 Å². The van der Waals surface area contributed by atoms with Gasteiger partial charge in [0.05, 0.1) is 18.1 Å². The van der Waals surface area contributed by atoms with Crippen molar-refractivity contribution < 1.29 is 40.6 Å². The molecule has 0 saturated heterocycles. The van der Waals surface area contributed by atoms with Crippen molar-refractivity contribution in [1.29, 1.82) is 0 Å². The van der Waals surface area contributed by atoms with Crippen LogP contribution >= 0.6 is 0 Å². The highest BCUT2D eigenvalue weighted by Gasteiger charge is 2.27. The Morgan fingerprint density at radius 2 is 1.48 bits per heavy atom. The molecule has 0 atom stereocenters. The van der Waals surface area contributed by atoms with E-state index in [1.54, 1.807) is 12.1 Å². The van der Waals surface area contributed by atoms with Crippen molar-refractivity contribution in [3.8, 4) is 5.75 Å². The highest BCUT2D eigenvalue weighted by Crippen LogP contribution is 2.40. The lowest BCUT2D eigenvalue weighted by Gasteiger charge is -2.21. The zero-order valence-electron chi connectivity index (χ0n) is 25.1. The summed E-state index contributed by atoms with van der Waals surface area (Å²) >= 11 is 0. The maximum Gasteiger partial charge on any atom is 0.389 e. The van der Waals surface area contributed by atoms with E-state index in [-0.39, 0.29) is 23.9 Å². The van der Waals surface area contributed by atoms with Crippen LogP contribution in [0.5, 0.6) is 5.75 Å². The van der Waals surface area contributed by atoms with E-state index in [1.165, 1.54) is 24.3 Å². The Kier molecular flexibility index (Phi) is 14.1. The molecule has 1 aliphatic carbocycles. The number of aryl methyl sites for hydroxylation is 1. The van der Waals surface area contributed by atoms with E-state index < -0.39 is 40.4 Å². The number of unbranched alkanes of at least 4 members (excludes halogenated alkanes) is 4. The Bertz CT molecular complexity index is 1330. The summed E-state index contributed by atoms with van der Waals surface area (Å²) < 4.78 is 89.0. The average molecular weight is 646 g/mol. The average Bonchev–Trinajstić information content (AvgIpc) is 3.11. The molecule has 0 saturated carbocycles. The highest BCUT2D eigenvalue weighted by molar-refractivity contribution is 7.91. The maximum absolute atomic E-state index is 14.5. The lowest BCUT2D eigenvalue weighted by Crippen LogP contribution is -2.29. The second kappa shape index (κ2) is 17.3. The molecule has 0 bridgehead atoms. The second-order valence-corrected chi connectivity index (χ2v) is 13.9. The van der Waals surface area contributed by atoms with Gasteiger partial charge in [-0.15, -0.1) is 0 Å². The van der Waals surface area contributed by atoms with Gasteiger partial charge in [0.1, 0.15) is 15.7 Å². The number of fused-ring (bicyclic) bond motifs is 1. The van der Waals surface area contributed by atoms with Crippen LogP contribution < -0.4 is 0 Å². The number of nitrogens with zero attached hydrogens (tertiary/aromatic N) is 1. The summed E-state index contributed by atoms with van der Waals surface area (Å²) in [7, 11) is -3.52. The predicted molar refractivity (Wildman–Crippen MR) is 164 cm³/mol. The second-order valence-electron chi connectivity index (χ2n) is 11.6. The lowest BCUT2D eigenvalue weighted by molar-refractivity contribution is -0.134. The minimum atomic E-state index is -4.35. The summed E-state index contributed by atoms with van der Waals surface area (Å²) in [5, 5.41) is 19.4. The molecule has 2 aromatic rings. The largest absolute Gasteiger partial charge is 0.505 e. The number of halogens is 5. The first kappa shape index (κ1) is 36.0. The molecular weight excluding hydrogens is 601 g/mol. The van der Waals surface area contributed by atoms with Gasteiger partial charge < -0.3 is 15.1 Å². The standard InChI is InChI=1S/C33H44F5NO4S/c34-27-14-12-25(13-15-27)28-11-7-9-26-23-32(41)31(35)24-30(26)29(28)10-3-1-2-4-17-39(19-20-40)18-5-6-21-44(42,43)22-8-16-33(36,37)38/h12-15,23-24,40-41H,1-11,16-22H2. The normalized spacial score (nSPS) is 14.2. The van der Waals surface area contributed by atoms with Gasteiger partial charge in [-0.2, -0.15) is 13.2 Å². The van der Waals surface area contributed by atoms with Crippen LogP contribution in [0, 0.1) is 11.6 Å². The smallest absolute Gasteiger partial charge is 0.389 e. The minimum absolute atomic E-state index is 0.0262. The number of aromatic hydroxyl groups is 1. The molecule has 11 heteroatoms. The Morgan fingerprint density at radius 3 is 2.16 bits per heavy atom.